The lowest BCUT2D eigenvalue weighted by Crippen LogP contribution is -2.44. The molecule has 0 spiro atoms. The normalized spacial score (nSPS) is 16.7. The van der Waals surface area contributed by atoms with Crippen molar-refractivity contribution < 1.29 is 9.53 Å². The fraction of sp³-hybridized carbons (Fsp3) is 0.889. The molecule has 0 aromatic heterocycles. The van der Waals surface area contributed by atoms with Crippen LogP contribution in [0.15, 0.2) is 0 Å². The van der Waals surface area contributed by atoms with E-state index < -0.39 is 0 Å². The molecule has 1 saturated heterocycles. The van der Waals surface area contributed by atoms with Crippen LogP contribution in [0.4, 0.5) is 0 Å². The van der Waals surface area contributed by atoms with E-state index in [-0.39, 0.29) is 5.91 Å². The molecule has 0 unspecified atom stereocenters. The lowest BCUT2D eigenvalue weighted by molar-refractivity contribution is -0.122. The number of carbonyl (C=O) groups excluding carboxylic acids is 1. The minimum Gasteiger partial charge on any atom is -0.380 e. The molecule has 0 radical (unpaired) electrons. The Morgan fingerprint density at radius 3 is 2.92 bits per heavy atom. The Hall–Kier alpha value is -0.610. The van der Waals surface area contributed by atoms with Crippen LogP contribution >= 0.6 is 0 Å². The fourth-order valence-electron chi connectivity index (χ4n) is 1.23. The van der Waals surface area contributed by atoms with Gasteiger partial charge in [0, 0.05) is 19.6 Å². The van der Waals surface area contributed by atoms with E-state index in [0.29, 0.717) is 32.1 Å². The lowest BCUT2D eigenvalue weighted by Gasteiger charge is -2.26. The van der Waals surface area contributed by atoms with E-state index in [2.05, 4.69) is 10.6 Å². The number of carbonyl (C=O) groups is 1. The molecule has 0 aliphatic carbocycles. The molecule has 13 heavy (non-hydrogen) atoms. The number of nitrogens with one attached hydrogen (secondary N) is 2. The lowest BCUT2D eigenvalue weighted by atomic mass is 9.99. The zero-order valence-electron chi connectivity index (χ0n) is 8.14. The second-order valence-electron chi connectivity index (χ2n) is 3.28. The molecule has 1 fully saturated rings. The Bertz CT molecular complexity index is 158. The van der Waals surface area contributed by atoms with E-state index >= 15 is 0 Å². The van der Waals surface area contributed by atoms with E-state index in [1.807, 2.05) is 6.92 Å². The van der Waals surface area contributed by atoms with Gasteiger partial charge in [-0.2, -0.15) is 0 Å². The summed E-state index contributed by atoms with van der Waals surface area (Å²) in [6, 6.07) is 0. The average Bonchev–Trinajstić information content (AvgIpc) is 2.06. The summed E-state index contributed by atoms with van der Waals surface area (Å²) in [6.45, 7) is 5.88. The first-order chi connectivity index (χ1) is 6.33. The van der Waals surface area contributed by atoms with Gasteiger partial charge in [-0.3, -0.25) is 4.79 Å². The van der Waals surface area contributed by atoms with Crippen molar-refractivity contribution in [3.05, 3.63) is 0 Å². The molecule has 0 bridgehead atoms. The number of hydrogen-bond donors (Lipinski definition) is 2. The van der Waals surface area contributed by atoms with Crippen LogP contribution in [0, 0.1) is 5.92 Å². The predicted molar refractivity (Wildman–Crippen MR) is 50.5 cm³/mol. The first kappa shape index (κ1) is 10.5. The van der Waals surface area contributed by atoms with Gasteiger partial charge in [-0.1, -0.05) is 0 Å². The Labute approximate surface area is 79.0 Å². The van der Waals surface area contributed by atoms with E-state index in [1.54, 1.807) is 0 Å². The van der Waals surface area contributed by atoms with E-state index in [9.17, 15) is 4.79 Å². The SMILES string of the molecule is CCOCCNC(=O)CC1CNC1. The first-order valence-corrected chi connectivity index (χ1v) is 4.88. The van der Waals surface area contributed by atoms with Crippen molar-refractivity contribution in [3.8, 4) is 0 Å². The van der Waals surface area contributed by atoms with Crippen molar-refractivity contribution >= 4 is 5.91 Å². The largest absolute Gasteiger partial charge is 0.380 e. The van der Waals surface area contributed by atoms with Gasteiger partial charge in [0.15, 0.2) is 0 Å². The number of ether oxygens (including phenoxy) is 1. The molecule has 1 amide bonds. The Kier molecular flexibility index (Phi) is 4.78. The highest BCUT2D eigenvalue weighted by Gasteiger charge is 2.19. The highest BCUT2D eigenvalue weighted by Crippen LogP contribution is 2.06. The highest BCUT2D eigenvalue weighted by molar-refractivity contribution is 5.76. The van der Waals surface area contributed by atoms with Crippen molar-refractivity contribution in [1.82, 2.24) is 10.6 Å². The molecular weight excluding hydrogens is 168 g/mol. The Morgan fingerprint density at radius 2 is 2.38 bits per heavy atom. The number of hydrogen-bond acceptors (Lipinski definition) is 3. The quantitative estimate of drug-likeness (QED) is 0.562. The zero-order chi connectivity index (χ0) is 9.52. The molecule has 2 N–H and O–H groups in total. The minimum absolute atomic E-state index is 0.145. The molecule has 1 aliphatic rings. The zero-order valence-corrected chi connectivity index (χ0v) is 8.14. The second-order valence-corrected chi connectivity index (χ2v) is 3.28. The summed E-state index contributed by atoms with van der Waals surface area (Å²) >= 11 is 0. The summed E-state index contributed by atoms with van der Waals surface area (Å²) in [5, 5.41) is 5.96. The van der Waals surface area contributed by atoms with Gasteiger partial charge in [0.25, 0.3) is 0 Å². The monoisotopic (exact) mass is 186 g/mol. The van der Waals surface area contributed by atoms with Gasteiger partial charge in [0.2, 0.25) is 5.91 Å². The van der Waals surface area contributed by atoms with Gasteiger partial charge in [-0.25, -0.2) is 0 Å². The summed E-state index contributed by atoms with van der Waals surface area (Å²) in [6.07, 6.45) is 0.652. The highest BCUT2D eigenvalue weighted by atomic mass is 16.5. The summed E-state index contributed by atoms with van der Waals surface area (Å²) < 4.78 is 5.10. The summed E-state index contributed by atoms with van der Waals surface area (Å²) in [7, 11) is 0. The topological polar surface area (TPSA) is 50.4 Å². The maximum Gasteiger partial charge on any atom is 0.220 e. The van der Waals surface area contributed by atoms with Crippen LogP contribution < -0.4 is 10.6 Å². The van der Waals surface area contributed by atoms with Crippen molar-refractivity contribution in [3.63, 3.8) is 0 Å². The molecule has 0 aromatic carbocycles. The van der Waals surface area contributed by atoms with E-state index in [4.69, 9.17) is 4.74 Å². The van der Waals surface area contributed by atoms with Crippen molar-refractivity contribution in [2.45, 2.75) is 13.3 Å². The van der Waals surface area contributed by atoms with Crippen LogP contribution in [0.25, 0.3) is 0 Å². The van der Waals surface area contributed by atoms with E-state index in [1.165, 1.54) is 0 Å². The molecular formula is C9H18N2O2. The van der Waals surface area contributed by atoms with Gasteiger partial charge in [-0.05, 0) is 25.9 Å². The van der Waals surface area contributed by atoms with Gasteiger partial charge in [0.1, 0.15) is 0 Å². The summed E-state index contributed by atoms with van der Waals surface area (Å²) in [4.78, 5) is 11.2. The number of amides is 1. The van der Waals surface area contributed by atoms with Gasteiger partial charge < -0.3 is 15.4 Å². The predicted octanol–water partition coefficient (Wildman–Crippen LogP) is -0.251. The Balaban J connectivity index is 1.91. The second kappa shape index (κ2) is 5.94. The van der Waals surface area contributed by atoms with Crippen molar-refractivity contribution in [1.29, 1.82) is 0 Å². The molecule has 4 heteroatoms. The third kappa shape index (κ3) is 4.24. The number of rotatable bonds is 6. The van der Waals surface area contributed by atoms with Gasteiger partial charge in [0.05, 0.1) is 6.61 Å². The fourth-order valence-corrected chi connectivity index (χ4v) is 1.23. The van der Waals surface area contributed by atoms with Crippen LogP contribution in [0.1, 0.15) is 13.3 Å². The summed E-state index contributed by atoms with van der Waals surface area (Å²) in [5.74, 6) is 0.693. The van der Waals surface area contributed by atoms with Crippen LogP contribution in [0.3, 0.4) is 0 Å². The van der Waals surface area contributed by atoms with Crippen LogP contribution in [-0.4, -0.2) is 38.8 Å². The van der Waals surface area contributed by atoms with Gasteiger partial charge in [-0.15, -0.1) is 0 Å². The molecule has 1 rings (SSSR count). The molecule has 1 aliphatic heterocycles. The van der Waals surface area contributed by atoms with Crippen LogP contribution in [0.5, 0.6) is 0 Å². The minimum atomic E-state index is 0.145. The standard InChI is InChI=1S/C9H18N2O2/c1-2-13-4-3-11-9(12)5-8-6-10-7-8/h8,10H,2-7H2,1H3,(H,11,12). The molecule has 0 aromatic rings. The molecule has 76 valence electrons. The maximum atomic E-state index is 11.2. The average molecular weight is 186 g/mol. The summed E-state index contributed by atoms with van der Waals surface area (Å²) in [5.41, 5.74) is 0. The van der Waals surface area contributed by atoms with E-state index in [0.717, 1.165) is 13.1 Å². The molecule has 0 atom stereocenters. The van der Waals surface area contributed by atoms with Crippen molar-refractivity contribution in [2.24, 2.45) is 5.92 Å². The maximum absolute atomic E-state index is 11.2. The smallest absolute Gasteiger partial charge is 0.220 e. The van der Waals surface area contributed by atoms with Crippen LogP contribution in [-0.2, 0) is 9.53 Å². The Morgan fingerprint density at radius 1 is 1.62 bits per heavy atom. The third-order valence-corrected chi connectivity index (χ3v) is 2.11. The first-order valence-electron chi connectivity index (χ1n) is 4.88. The van der Waals surface area contributed by atoms with Crippen molar-refractivity contribution in [2.75, 3.05) is 32.8 Å². The van der Waals surface area contributed by atoms with Gasteiger partial charge >= 0.3 is 0 Å². The molecule has 1 heterocycles. The molecule has 0 saturated carbocycles. The van der Waals surface area contributed by atoms with Crippen LogP contribution in [0.2, 0.25) is 0 Å². The third-order valence-electron chi connectivity index (χ3n) is 2.11. The molecule has 4 nitrogen and oxygen atoms in total.